The Balaban J connectivity index is 2.73. The lowest BCUT2D eigenvalue weighted by molar-refractivity contribution is -0.138. The normalized spacial score (nSPS) is 12.4. The predicted molar refractivity (Wildman–Crippen MR) is 61.3 cm³/mol. The molecule has 0 spiro atoms. The van der Waals surface area contributed by atoms with E-state index in [0.717, 1.165) is 24.0 Å². The van der Waals surface area contributed by atoms with E-state index in [-0.39, 0.29) is 13.2 Å². The summed E-state index contributed by atoms with van der Waals surface area (Å²) in [5.41, 5.74) is 7.23. The Morgan fingerprint density at radius 1 is 1.31 bits per heavy atom. The number of carbonyl (C=O) groups is 1. The number of carboxylic acids is 1. The van der Waals surface area contributed by atoms with Crippen LogP contribution in [0.2, 0.25) is 0 Å². The van der Waals surface area contributed by atoms with Crippen LogP contribution in [-0.4, -0.2) is 29.3 Å². The molecule has 0 bridgehead atoms. The Kier molecular flexibility index (Phi) is 4.95. The highest BCUT2D eigenvalue weighted by molar-refractivity contribution is 5.76. The molecule has 0 radical (unpaired) electrons. The van der Waals surface area contributed by atoms with E-state index in [1.54, 1.807) is 12.1 Å². The highest BCUT2D eigenvalue weighted by Gasteiger charge is 2.17. The van der Waals surface area contributed by atoms with E-state index in [0.29, 0.717) is 0 Å². The first kappa shape index (κ1) is 12.7. The summed E-state index contributed by atoms with van der Waals surface area (Å²) in [7, 11) is 0. The van der Waals surface area contributed by atoms with E-state index in [1.165, 1.54) is 0 Å². The van der Waals surface area contributed by atoms with Gasteiger partial charge in [0.25, 0.3) is 0 Å². The Morgan fingerprint density at radius 3 is 2.38 bits per heavy atom. The second-order valence-electron chi connectivity index (χ2n) is 3.70. The standard InChI is InChI=1S/C12H17NO3/c13-8-11(12(15)16)10-5-3-9(4-6-10)2-1-7-14/h3-6,11,14H,1-2,7-8,13H2,(H,15,16). The third-order valence-corrected chi connectivity index (χ3v) is 2.54. The molecule has 0 fully saturated rings. The molecule has 1 unspecified atom stereocenters. The van der Waals surface area contributed by atoms with Gasteiger partial charge in [0, 0.05) is 13.2 Å². The maximum absolute atomic E-state index is 10.9. The molecule has 4 N–H and O–H groups in total. The number of rotatable bonds is 6. The first-order valence-corrected chi connectivity index (χ1v) is 5.31. The number of aliphatic hydroxyl groups is 1. The third kappa shape index (κ3) is 3.32. The summed E-state index contributed by atoms with van der Waals surface area (Å²) in [6.45, 7) is 0.271. The van der Waals surface area contributed by atoms with Crippen molar-refractivity contribution in [1.29, 1.82) is 0 Å². The summed E-state index contributed by atoms with van der Waals surface area (Å²) in [4.78, 5) is 10.9. The smallest absolute Gasteiger partial charge is 0.312 e. The minimum absolute atomic E-state index is 0.103. The number of aliphatic hydroxyl groups excluding tert-OH is 1. The van der Waals surface area contributed by atoms with Crippen LogP contribution in [0.5, 0.6) is 0 Å². The molecule has 0 heterocycles. The molecule has 1 atom stereocenters. The van der Waals surface area contributed by atoms with Gasteiger partial charge < -0.3 is 15.9 Å². The first-order chi connectivity index (χ1) is 7.69. The highest BCUT2D eigenvalue weighted by atomic mass is 16.4. The van der Waals surface area contributed by atoms with E-state index in [2.05, 4.69) is 0 Å². The quantitative estimate of drug-likeness (QED) is 0.664. The second-order valence-corrected chi connectivity index (χ2v) is 3.70. The van der Waals surface area contributed by atoms with Crippen molar-refractivity contribution in [1.82, 2.24) is 0 Å². The van der Waals surface area contributed by atoms with Crippen molar-refractivity contribution in [3.8, 4) is 0 Å². The molecule has 1 rings (SSSR count). The molecule has 1 aromatic carbocycles. The zero-order valence-corrected chi connectivity index (χ0v) is 9.10. The van der Waals surface area contributed by atoms with Crippen molar-refractivity contribution in [2.24, 2.45) is 5.73 Å². The predicted octanol–water partition coefficient (Wildman–Crippen LogP) is 0.738. The summed E-state index contributed by atoms with van der Waals surface area (Å²) in [5, 5.41) is 17.6. The minimum atomic E-state index is -0.898. The molecule has 0 saturated heterocycles. The van der Waals surface area contributed by atoms with Gasteiger partial charge >= 0.3 is 5.97 Å². The molecule has 4 nitrogen and oxygen atoms in total. The van der Waals surface area contributed by atoms with Crippen LogP contribution in [0.3, 0.4) is 0 Å². The molecule has 16 heavy (non-hydrogen) atoms. The van der Waals surface area contributed by atoms with E-state index in [4.69, 9.17) is 15.9 Å². The lowest BCUT2D eigenvalue weighted by atomic mass is 9.97. The largest absolute Gasteiger partial charge is 0.481 e. The SMILES string of the molecule is NCC(C(=O)O)c1ccc(CCCO)cc1. The summed E-state index contributed by atoms with van der Waals surface area (Å²) in [6.07, 6.45) is 1.52. The van der Waals surface area contributed by atoms with Crippen molar-refractivity contribution in [2.45, 2.75) is 18.8 Å². The van der Waals surface area contributed by atoms with E-state index in [1.807, 2.05) is 12.1 Å². The number of aryl methyl sites for hydroxylation is 1. The van der Waals surface area contributed by atoms with Gasteiger partial charge in [0.2, 0.25) is 0 Å². The van der Waals surface area contributed by atoms with Crippen molar-refractivity contribution >= 4 is 5.97 Å². The van der Waals surface area contributed by atoms with Crippen LogP contribution in [0.15, 0.2) is 24.3 Å². The van der Waals surface area contributed by atoms with Gasteiger partial charge in [-0.3, -0.25) is 4.79 Å². The molecule has 0 aliphatic carbocycles. The topological polar surface area (TPSA) is 83.6 Å². The summed E-state index contributed by atoms with van der Waals surface area (Å²) in [5.74, 6) is -1.53. The van der Waals surface area contributed by atoms with Crippen LogP contribution in [0, 0.1) is 0 Å². The molecule has 1 aromatic rings. The maximum Gasteiger partial charge on any atom is 0.312 e. The Hall–Kier alpha value is -1.39. The lowest BCUT2D eigenvalue weighted by Crippen LogP contribution is -2.21. The van der Waals surface area contributed by atoms with Crippen molar-refractivity contribution in [3.05, 3.63) is 35.4 Å². The molecule has 0 aliphatic rings. The number of aliphatic carboxylic acids is 1. The van der Waals surface area contributed by atoms with Gasteiger partial charge in [-0.15, -0.1) is 0 Å². The zero-order valence-electron chi connectivity index (χ0n) is 9.10. The Morgan fingerprint density at radius 2 is 1.94 bits per heavy atom. The van der Waals surface area contributed by atoms with Crippen molar-refractivity contribution in [2.75, 3.05) is 13.2 Å². The van der Waals surface area contributed by atoms with Gasteiger partial charge in [-0.2, -0.15) is 0 Å². The molecule has 0 aromatic heterocycles. The van der Waals surface area contributed by atoms with Gasteiger partial charge in [0.1, 0.15) is 0 Å². The highest BCUT2D eigenvalue weighted by Crippen LogP contribution is 2.16. The molecule has 4 heteroatoms. The fraction of sp³-hybridized carbons (Fsp3) is 0.417. The third-order valence-electron chi connectivity index (χ3n) is 2.54. The number of benzene rings is 1. The summed E-state index contributed by atoms with van der Waals surface area (Å²) in [6, 6.07) is 7.35. The minimum Gasteiger partial charge on any atom is -0.481 e. The van der Waals surface area contributed by atoms with Crippen LogP contribution < -0.4 is 5.73 Å². The molecule has 88 valence electrons. The number of carboxylic acid groups (broad SMARTS) is 1. The number of nitrogens with two attached hydrogens (primary N) is 1. The molecule has 0 amide bonds. The molecular formula is C12H17NO3. The van der Waals surface area contributed by atoms with Crippen molar-refractivity contribution in [3.63, 3.8) is 0 Å². The summed E-state index contributed by atoms with van der Waals surface area (Å²) >= 11 is 0. The van der Waals surface area contributed by atoms with E-state index < -0.39 is 11.9 Å². The monoisotopic (exact) mass is 223 g/mol. The lowest BCUT2D eigenvalue weighted by Gasteiger charge is -2.10. The Bertz CT molecular complexity index is 335. The average molecular weight is 223 g/mol. The molecule has 0 saturated carbocycles. The van der Waals surface area contributed by atoms with Crippen LogP contribution in [0.1, 0.15) is 23.5 Å². The van der Waals surface area contributed by atoms with Gasteiger partial charge in [-0.1, -0.05) is 24.3 Å². The average Bonchev–Trinajstić information content (AvgIpc) is 2.28. The Labute approximate surface area is 94.7 Å². The fourth-order valence-corrected chi connectivity index (χ4v) is 1.58. The number of hydrogen-bond donors (Lipinski definition) is 3. The fourth-order valence-electron chi connectivity index (χ4n) is 1.58. The van der Waals surface area contributed by atoms with E-state index in [9.17, 15) is 4.79 Å². The number of hydrogen-bond acceptors (Lipinski definition) is 3. The maximum atomic E-state index is 10.9. The summed E-state index contributed by atoms with van der Waals surface area (Å²) < 4.78 is 0. The van der Waals surface area contributed by atoms with Gasteiger partial charge in [0.05, 0.1) is 5.92 Å². The van der Waals surface area contributed by atoms with Gasteiger partial charge in [-0.05, 0) is 24.0 Å². The van der Waals surface area contributed by atoms with E-state index >= 15 is 0 Å². The second kappa shape index (κ2) is 6.25. The van der Waals surface area contributed by atoms with Crippen LogP contribution in [0.4, 0.5) is 0 Å². The van der Waals surface area contributed by atoms with Crippen LogP contribution in [-0.2, 0) is 11.2 Å². The van der Waals surface area contributed by atoms with Gasteiger partial charge in [-0.25, -0.2) is 0 Å². The molecular weight excluding hydrogens is 206 g/mol. The zero-order chi connectivity index (χ0) is 12.0. The van der Waals surface area contributed by atoms with Crippen LogP contribution >= 0.6 is 0 Å². The van der Waals surface area contributed by atoms with Crippen molar-refractivity contribution < 1.29 is 15.0 Å². The van der Waals surface area contributed by atoms with Gasteiger partial charge in [0.15, 0.2) is 0 Å². The van der Waals surface area contributed by atoms with Crippen LogP contribution in [0.25, 0.3) is 0 Å². The first-order valence-electron chi connectivity index (χ1n) is 5.31. The molecule has 0 aliphatic heterocycles.